The highest BCUT2D eigenvalue weighted by Crippen LogP contribution is 2.20. The molecular formula is C24H36N6O5. The summed E-state index contributed by atoms with van der Waals surface area (Å²) in [4.78, 5) is 63.0. The van der Waals surface area contributed by atoms with Gasteiger partial charge in [0.1, 0.15) is 18.4 Å². The molecule has 0 radical (unpaired) electrons. The van der Waals surface area contributed by atoms with Crippen molar-refractivity contribution < 1.29 is 24.0 Å². The first-order valence-electron chi connectivity index (χ1n) is 11.9. The lowest BCUT2D eigenvalue weighted by atomic mass is 10.0. The molecule has 8 N–H and O–H groups in total. The van der Waals surface area contributed by atoms with Crippen molar-refractivity contribution in [1.29, 1.82) is 0 Å². The molecule has 2 rings (SSSR count). The first-order valence-corrected chi connectivity index (χ1v) is 11.9. The molecule has 1 aliphatic rings. The molecule has 1 aliphatic heterocycles. The van der Waals surface area contributed by atoms with Crippen molar-refractivity contribution in [2.75, 3.05) is 13.1 Å². The second kappa shape index (κ2) is 14.2. The van der Waals surface area contributed by atoms with Crippen molar-refractivity contribution in [2.24, 2.45) is 17.2 Å². The Balaban J connectivity index is 2.08. The van der Waals surface area contributed by atoms with E-state index in [9.17, 15) is 24.0 Å². The summed E-state index contributed by atoms with van der Waals surface area (Å²) in [5.74, 6) is -2.22. The summed E-state index contributed by atoms with van der Waals surface area (Å²) in [5.41, 5.74) is 17.3. The Hall–Kier alpha value is -3.31. The van der Waals surface area contributed by atoms with Gasteiger partial charge in [0.15, 0.2) is 0 Å². The quantitative estimate of drug-likeness (QED) is 0.159. The molecule has 0 aromatic heterocycles. The van der Waals surface area contributed by atoms with Crippen LogP contribution < -0.4 is 27.8 Å². The lowest BCUT2D eigenvalue weighted by molar-refractivity contribution is -0.142. The minimum atomic E-state index is -1.18. The molecule has 4 atom stereocenters. The fourth-order valence-electron chi connectivity index (χ4n) is 4.12. The normalized spacial score (nSPS) is 17.8. The first-order chi connectivity index (χ1) is 16.8. The van der Waals surface area contributed by atoms with Crippen LogP contribution in [0.15, 0.2) is 30.3 Å². The first kappa shape index (κ1) is 27.9. The monoisotopic (exact) mass is 488 g/mol. The fourth-order valence-corrected chi connectivity index (χ4v) is 4.12. The van der Waals surface area contributed by atoms with E-state index in [1.54, 1.807) is 0 Å². The molecule has 0 spiro atoms. The number of rotatable bonds is 14. The van der Waals surface area contributed by atoms with Crippen molar-refractivity contribution >= 4 is 29.9 Å². The van der Waals surface area contributed by atoms with Gasteiger partial charge in [-0.15, -0.1) is 0 Å². The van der Waals surface area contributed by atoms with Gasteiger partial charge in [-0.2, -0.15) is 0 Å². The van der Waals surface area contributed by atoms with E-state index >= 15 is 0 Å². The number of hydrogen-bond acceptors (Lipinski definition) is 7. The van der Waals surface area contributed by atoms with Crippen molar-refractivity contribution in [3.8, 4) is 0 Å². The van der Waals surface area contributed by atoms with Gasteiger partial charge in [0.2, 0.25) is 23.6 Å². The van der Waals surface area contributed by atoms with Crippen LogP contribution in [-0.4, -0.2) is 72.1 Å². The average Bonchev–Trinajstić information content (AvgIpc) is 3.33. The predicted molar refractivity (Wildman–Crippen MR) is 129 cm³/mol. The number of aldehydes is 1. The highest BCUT2D eigenvalue weighted by Gasteiger charge is 2.38. The molecule has 1 fully saturated rings. The lowest BCUT2D eigenvalue weighted by Gasteiger charge is -2.30. The zero-order valence-corrected chi connectivity index (χ0v) is 19.9. The van der Waals surface area contributed by atoms with Crippen LogP contribution in [0.2, 0.25) is 0 Å². The number of nitrogens with two attached hydrogens (primary N) is 3. The maximum Gasteiger partial charge on any atom is 0.245 e. The van der Waals surface area contributed by atoms with Gasteiger partial charge >= 0.3 is 0 Å². The number of amides is 4. The largest absolute Gasteiger partial charge is 0.370 e. The molecule has 11 heteroatoms. The zero-order valence-electron chi connectivity index (χ0n) is 19.9. The smallest absolute Gasteiger partial charge is 0.245 e. The van der Waals surface area contributed by atoms with Crippen molar-refractivity contribution in [2.45, 2.75) is 69.1 Å². The van der Waals surface area contributed by atoms with E-state index in [4.69, 9.17) is 17.2 Å². The molecule has 0 bridgehead atoms. The van der Waals surface area contributed by atoms with Crippen LogP contribution in [0.1, 0.15) is 44.1 Å². The second-order valence-electron chi connectivity index (χ2n) is 8.75. The number of unbranched alkanes of at least 4 members (excludes halogenated alkanes) is 1. The summed E-state index contributed by atoms with van der Waals surface area (Å²) in [7, 11) is 0. The second-order valence-corrected chi connectivity index (χ2v) is 8.75. The van der Waals surface area contributed by atoms with Crippen LogP contribution in [0.4, 0.5) is 0 Å². The van der Waals surface area contributed by atoms with E-state index in [2.05, 4.69) is 10.6 Å². The molecule has 1 saturated heterocycles. The number of hydrogen-bond donors (Lipinski definition) is 5. The standard InChI is InChI=1S/C24H36N6O5/c25-11-5-4-9-19(29-22(33)18(26)14-21(27)32)24(35)30-12-6-10-20(30)23(34)28-17(15-31)13-16-7-2-1-3-8-16/h1-3,7-8,15,17-20H,4-6,9-14,25-26H2,(H2,27,32)(H,28,34)(H,29,33)/t17-,18-,19-,20-/m0/s1. The Bertz CT molecular complexity index is 880. The van der Waals surface area contributed by atoms with E-state index in [1.165, 1.54) is 4.90 Å². The maximum atomic E-state index is 13.4. The number of carbonyl (C=O) groups excluding carboxylic acids is 5. The molecule has 1 aromatic rings. The van der Waals surface area contributed by atoms with Crippen molar-refractivity contribution in [3.63, 3.8) is 0 Å². The van der Waals surface area contributed by atoms with Crippen LogP contribution in [0.5, 0.6) is 0 Å². The van der Waals surface area contributed by atoms with E-state index < -0.39 is 47.8 Å². The summed E-state index contributed by atoms with van der Waals surface area (Å²) in [5, 5.41) is 5.35. The van der Waals surface area contributed by atoms with Gasteiger partial charge in [-0.1, -0.05) is 30.3 Å². The average molecular weight is 489 g/mol. The summed E-state index contributed by atoms with van der Waals surface area (Å²) in [6.45, 7) is 0.775. The van der Waals surface area contributed by atoms with Gasteiger partial charge in [0, 0.05) is 6.54 Å². The number of carbonyl (C=O) groups is 5. The summed E-state index contributed by atoms with van der Waals surface area (Å²) < 4.78 is 0. The van der Waals surface area contributed by atoms with Crippen LogP contribution in [0.3, 0.4) is 0 Å². The maximum absolute atomic E-state index is 13.4. The molecule has 4 amide bonds. The molecule has 192 valence electrons. The molecule has 0 saturated carbocycles. The molecule has 11 nitrogen and oxygen atoms in total. The third-order valence-electron chi connectivity index (χ3n) is 5.95. The minimum absolute atomic E-state index is 0.306. The third kappa shape index (κ3) is 8.76. The summed E-state index contributed by atoms with van der Waals surface area (Å²) in [6.07, 6.45) is 3.26. The number of nitrogens with one attached hydrogen (secondary N) is 2. The Morgan fingerprint density at radius 1 is 1.11 bits per heavy atom. The van der Waals surface area contributed by atoms with Crippen LogP contribution in [0.25, 0.3) is 0 Å². The van der Waals surface area contributed by atoms with Crippen LogP contribution >= 0.6 is 0 Å². The topological polar surface area (TPSA) is 191 Å². The minimum Gasteiger partial charge on any atom is -0.370 e. The molecule has 35 heavy (non-hydrogen) atoms. The zero-order chi connectivity index (χ0) is 25.8. The highest BCUT2D eigenvalue weighted by molar-refractivity contribution is 5.95. The Morgan fingerprint density at radius 3 is 2.46 bits per heavy atom. The number of primary amides is 1. The van der Waals surface area contributed by atoms with Gasteiger partial charge in [-0.25, -0.2) is 0 Å². The molecular weight excluding hydrogens is 452 g/mol. The van der Waals surface area contributed by atoms with E-state index in [-0.39, 0.29) is 6.42 Å². The molecule has 0 unspecified atom stereocenters. The van der Waals surface area contributed by atoms with Crippen molar-refractivity contribution in [1.82, 2.24) is 15.5 Å². The van der Waals surface area contributed by atoms with Gasteiger partial charge in [0.05, 0.1) is 18.5 Å². The van der Waals surface area contributed by atoms with Crippen LogP contribution in [-0.2, 0) is 30.4 Å². The summed E-state index contributed by atoms with van der Waals surface area (Å²) >= 11 is 0. The van der Waals surface area contributed by atoms with E-state index in [0.717, 1.165) is 5.56 Å². The highest BCUT2D eigenvalue weighted by atomic mass is 16.2. The Kier molecular flexibility index (Phi) is 11.3. The third-order valence-corrected chi connectivity index (χ3v) is 5.95. The van der Waals surface area contributed by atoms with Gasteiger partial charge < -0.3 is 37.5 Å². The molecule has 0 aliphatic carbocycles. The van der Waals surface area contributed by atoms with E-state index in [1.807, 2.05) is 30.3 Å². The fraction of sp³-hybridized carbons (Fsp3) is 0.542. The number of likely N-dealkylation sites (tertiary alicyclic amines) is 1. The van der Waals surface area contributed by atoms with Gasteiger partial charge in [-0.3, -0.25) is 19.2 Å². The number of nitrogens with zero attached hydrogens (tertiary/aromatic N) is 1. The predicted octanol–water partition coefficient (Wildman–Crippen LogP) is -1.28. The lowest BCUT2D eigenvalue weighted by Crippen LogP contribution is -2.56. The van der Waals surface area contributed by atoms with Crippen molar-refractivity contribution in [3.05, 3.63) is 35.9 Å². The summed E-state index contributed by atoms with van der Waals surface area (Å²) in [6, 6.07) is 5.72. The van der Waals surface area contributed by atoms with Gasteiger partial charge in [0.25, 0.3) is 0 Å². The Morgan fingerprint density at radius 2 is 1.83 bits per heavy atom. The van der Waals surface area contributed by atoms with Crippen LogP contribution in [0, 0.1) is 0 Å². The molecule has 1 aromatic carbocycles. The number of benzene rings is 1. The SMILES string of the molecule is NCCCC[C@H](NC(=O)[C@@H](N)CC(N)=O)C(=O)N1CCC[C@H]1C(=O)N[C@H](C=O)Cc1ccccc1. The molecule has 1 heterocycles. The van der Waals surface area contributed by atoms with E-state index in [0.29, 0.717) is 57.9 Å². The Labute approximate surface area is 205 Å². The van der Waals surface area contributed by atoms with Gasteiger partial charge in [-0.05, 0) is 50.6 Å².